The smallest absolute Gasteiger partial charge is 0.247 e. The van der Waals surface area contributed by atoms with Gasteiger partial charge in [0.2, 0.25) is 27.8 Å². The monoisotopic (exact) mass is 605 g/mol. The summed E-state index contributed by atoms with van der Waals surface area (Å²) in [5, 5.41) is 15.8. The summed E-state index contributed by atoms with van der Waals surface area (Å²) >= 11 is 0. The highest BCUT2D eigenvalue weighted by Crippen LogP contribution is 2.23. The van der Waals surface area contributed by atoms with Crippen LogP contribution in [0.1, 0.15) is 37.9 Å². The molecule has 0 aliphatic carbocycles. The molecule has 2 aliphatic rings. The van der Waals surface area contributed by atoms with Crippen LogP contribution in [0.3, 0.4) is 0 Å². The molecule has 3 aromatic rings. The molecule has 226 valence electrons. The van der Waals surface area contributed by atoms with Gasteiger partial charge >= 0.3 is 0 Å². The molecular formula is C30H35N7O5S. The second-order valence-electron chi connectivity index (χ2n) is 10.8. The molecule has 2 atom stereocenters. The van der Waals surface area contributed by atoms with E-state index in [0.29, 0.717) is 31.6 Å². The summed E-state index contributed by atoms with van der Waals surface area (Å²) in [7, 11) is -3.70. The predicted octanol–water partition coefficient (Wildman–Crippen LogP) is 2.93. The molecule has 2 saturated heterocycles. The molecule has 3 N–H and O–H groups in total. The first-order valence-electron chi connectivity index (χ1n) is 14.4. The number of rotatable bonds is 8. The lowest BCUT2D eigenvalue weighted by atomic mass is 10.1. The van der Waals surface area contributed by atoms with E-state index in [1.54, 1.807) is 29.2 Å². The zero-order chi connectivity index (χ0) is 30.4. The summed E-state index contributed by atoms with van der Waals surface area (Å²) in [6, 6.07) is 14.4. The van der Waals surface area contributed by atoms with Crippen LogP contribution in [0.2, 0.25) is 0 Å². The number of aryl methyl sites for hydroxylation is 1. The molecule has 0 spiro atoms. The Morgan fingerprint density at radius 3 is 2.70 bits per heavy atom. The van der Waals surface area contributed by atoms with Crippen LogP contribution in [0, 0.1) is 18.4 Å². The molecule has 2 aromatic carbocycles. The first-order valence-corrected chi connectivity index (χ1v) is 15.8. The first kappa shape index (κ1) is 30.1. The van der Waals surface area contributed by atoms with Crippen molar-refractivity contribution in [1.82, 2.24) is 19.8 Å². The van der Waals surface area contributed by atoms with E-state index in [9.17, 15) is 23.3 Å². The zero-order valence-electron chi connectivity index (χ0n) is 24.0. The average Bonchev–Trinajstić information content (AvgIpc) is 3.58. The van der Waals surface area contributed by atoms with E-state index in [1.165, 1.54) is 17.0 Å². The highest BCUT2D eigenvalue weighted by molar-refractivity contribution is 7.89. The van der Waals surface area contributed by atoms with Gasteiger partial charge in [0.1, 0.15) is 17.4 Å². The summed E-state index contributed by atoms with van der Waals surface area (Å²) in [6.45, 7) is 2.77. The van der Waals surface area contributed by atoms with Gasteiger partial charge in [0.25, 0.3) is 0 Å². The number of likely N-dealkylation sites (tertiary alicyclic amines) is 2. The van der Waals surface area contributed by atoms with Crippen LogP contribution >= 0.6 is 0 Å². The Kier molecular flexibility index (Phi) is 9.27. The fourth-order valence-electron chi connectivity index (χ4n) is 5.58. The molecule has 2 aliphatic heterocycles. The van der Waals surface area contributed by atoms with E-state index in [4.69, 9.17) is 4.42 Å². The van der Waals surface area contributed by atoms with E-state index in [-0.39, 0.29) is 41.8 Å². The summed E-state index contributed by atoms with van der Waals surface area (Å²) < 4.78 is 33.6. The molecule has 5 rings (SSSR count). The maximum absolute atomic E-state index is 13.6. The number of nitrogens with zero attached hydrogens (tertiary/aromatic N) is 4. The number of carbonyl (C=O) groups is 2. The number of carbonyl (C=O) groups excluding carboxylic acids is 2. The number of nitriles is 1. The molecule has 0 bridgehead atoms. The van der Waals surface area contributed by atoms with Gasteiger partial charge in [-0.05, 0) is 75.4 Å². The third kappa shape index (κ3) is 7.33. The van der Waals surface area contributed by atoms with Crippen molar-refractivity contribution in [1.29, 1.82) is 5.26 Å². The number of anilines is 1. The minimum absolute atomic E-state index is 0.100. The van der Waals surface area contributed by atoms with Crippen LogP contribution in [0.4, 0.5) is 5.69 Å². The van der Waals surface area contributed by atoms with Crippen molar-refractivity contribution in [2.75, 3.05) is 31.5 Å². The van der Waals surface area contributed by atoms with Crippen LogP contribution in [0.25, 0.3) is 11.0 Å². The summed E-state index contributed by atoms with van der Waals surface area (Å²) in [4.78, 5) is 34.9. The Morgan fingerprint density at radius 2 is 1.91 bits per heavy atom. The second kappa shape index (κ2) is 13.3. The molecule has 43 heavy (non-hydrogen) atoms. The van der Waals surface area contributed by atoms with E-state index >= 15 is 0 Å². The molecule has 2 amide bonds. The molecule has 2 fully saturated rings. The molecule has 1 aromatic heterocycles. The molecular weight excluding hydrogens is 570 g/mol. The van der Waals surface area contributed by atoms with E-state index in [2.05, 4.69) is 20.3 Å². The predicted molar refractivity (Wildman–Crippen MR) is 161 cm³/mol. The van der Waals surface area contributed by atoms with Crippen LogP contribution in [-0.2, 0) is 19.6 Å². The van der Waals surface area contributed by atoms with E-state index < -0.39 is 16.1 Å². The van der Waals surface area contributed by atoms with Gasteiger partial charge in [-0.15, -0.1) is 0 Å². The van der Waals surface area contributed by atoms with Crippen molar-refractivity contribution in [3.63, 3.8) is 0 Å². The molecule has 13 heteroatoms. The second-order valence-corrected chi connectivity index (χ2v) is 12.5. The standard InChI is InChI=1S/C30H35N7O5S/c1-21-16-22-17-23(12-13-27(22)42-21)34-30(32-20-31)35-26-11-5-6-14-36(29(26)39)19-28(38)37-15-7-8-24(37)18-33-43(40,41)25-9-3-2-4-10-25/h2-4,9-10,12-13,16-17,24,26,33H,5-8,11,14-15,18-19H2,1H3,(H2,32,34,35)/t24-,26-/m0/s1. The summed E-state index contributed by atoms with van der Waals surface area (Å²) in [5.41, 5.74) is 1.41. The lowest BCUT2D eigenvalue weighted by molar-refractivity contribution is -0.141. The number of hydrogen-bond acceptors (Lipinski definition) is 7. The first-order chi connectivity index (χ1) is 20.7. The Balaban J connectivity index is 1.24. The molecule has 0 radical (unpaired) electrons. The SMILES string of the molecule is Cc1cc2cc(NC(=N[C@H]3CCCCN(CC(=O)N4CCC[C@H]4CNS(=O)(=O)c4ccccc4)C3=O)NC#N)ccc2o1. The Hall–Kier alpha value is -4.41. The minimum Gasteiger partial charge on any atom is -0.461 e. The summed E-state index contributed by atoms with van der Waals surface area (Å²) in [5.74, 6) is 0.408. The number of benzene rings is 2. The zero-order valence-corrected chi connectivity index (χ0v) is 24.8. The fourth-order valence-corrected chi connectivity index (χ4v) is 6.67. The number of nitrogens with one attached hydrogen (secondary N) is 3. The van der Waals surface area contributed by atoms with Gasteiger partial charge in [0, 0.05) is 36.7 Å². The normalized spacial score (nSPS) is 19.7. The molecule has 12 nitrogen and oxygen atoms in total. The van der Waals surface area contributed by atoms with E-state index in [1.807, 2.05) is 31.3 Å². The lowest BCUT2D eigenvalue weighted by Gasteiger charge is -2.29. The molecule has 0 saturated carbocycles. The lowest BCUT2D eigenvalue weighted by Crippen LogP contribution is -2.49. The minimum atomic E-state index is -3.70. The fraction of sp³-hybridized carbons (Fsp3) is 0.400. The van der Waals surface area contributed by atoms with Crippen molar-refractivity contribution < 1.29 is 22.4 Å². The third-order valence-electron chi connectivity index (χ3n) is 7.70. The quantitative estimate of drug-likeness (QED) is 0.153. The Bertz CT molecular complexity index is 1650. The van der Waals surface area contributed by atoms with Gasteiger partial charge in [-0.1, -0.05) is 18.2 Å². The summed E-state index contributed by atoms with van der Waals surface area (Å²) in [6.07, 6.45) is 5.23. The Labute approximate surface area is 250 Å². The number of aliphatic imine (C=N–C) groups is 1. The number of guanidine groups is 1. The van der Waals surface area contributed by atoms with Crippen LogP contribution in [0.15, 0.2) is 68.9 Å². The Morgan fingerprint density at radius 1 is 1.09 bits per heavy atom. The van der Waals surface area contributed by atoms with Crippen molar-refractivity contribution >= 4 is 44.5 Å². The van der Waals surface area contributed by atoms with Crippen LogP contribution in [-0.4, -0.2) is 74.3 Å². The highest BCUT2D eigenvalue weighted by atomic mass is 32.2. The van der Waals surface area contributed by atoms with Crippen molar-refractivity contribution in [3.8, 4) is 6.19 Å². The number of hydrogen-bond donors (Lipinski definition) is 3. The van der Waals surface area contributed by atoms with Gasteiger partial charge < -0.3 is 19.5 Å². The van der Waals surface area contributed by atoms with Gasteiger partial charge in [-0.3, -0.25) is 14.9 Å². The number of sulfonamides is 1. The number of furan rings is 1. The van der Waals surface area contributed by atoms with Gasteiger partial charge in [0.05, 0.1) is 11.4 Å². The highest BCUT2D eigenvalue weighted by Gasteiger charge is 2.34. The van der Waals surface area contributed by atoms with E-state index in [0.717, 1.165) is 36.0 Å². The maximum atomic E-state index is 13.6. The van der Waals surface area contributed by atoms with Crippen LogP contribution in [0.5, 0.6) is 0 Å². The largest absolute Gasteiger partial charge is 0.461 e. The van der Waals surface area contributed by atoms with Gasteiger partial charge in [0.15, 0.2) is 6.19 Å². The number of fused-ring (bicyclic) bond motifs is 1. The average molecular weight is 606 g/mol. The van der Waals surface area contributed by atoms with Crippen LogP contribution < -0.4 is 15.4 Å². The van der Waals surface area contributed by atoms with Crippen molar-refractivity contribution in [2.24, 2.45) is 4.99 Å². The van der Waals surface area contributed by atoms with Crippen molar-refractivity contribution in [3.05, 3.63) is 60.4 Å². The number of amides is 2. The molecule has 3 heterocycles. The third-order valence-corrected chi connectivity index (χ3v) is 9.14. The van der Waals surface area contributed by atoms with Crippen molar-refractivity contribution in [2.45, 2.75) is 56.0 Å². The van der Waals surface area contributed by atoms with Gasteiger partial charge in [-0.2, -0.15) is 5.26 Å². The van der Waals surface area contributed by atoms with Gasteiger partial charge in [-0.25, -0.2) is 18.1 Å². The molecule has 0 unspecified atom stereocenters. The topological polar surface area (TPSA) is 160 Å². The maximum Gasteiger partial charge on any atom is 0.247 e.